The zero-order chi connectivity index (χ0) is 16.1. The minimum absolute atomic E-state index is 0.404. The van der Waals surface area contributed by atoms with Crippen LogP contribution in [0.2, 0.25) is 0 Å². The number of benzene rings is 2. The molecule has 0 amide bonds. The second kappa shape index (κ2) is 6.97. The van der Waals surface area contributed by atoms with Gasteiger partial charge in [-0.3, -0.25) is 5.41 Å². The molecule has 1 heterocycles. The summed E-state index contributed by atoms with van der Waals surface area (Å²) in [5.41, 5.74) is 3.40. The summed E-state index contributed by atoms with van der Waals surface area (Å²) in [5.74, 6) is 1.51. The van der Waals surface area contributed by atoms with E-state index in [1.165, 1.54) is 5.56 Å². The number of anilines is 1. The first kappa shape index (κ1) is 15.1. The first-order valence-electron chi connectivity index (χ1n) is 7.82. The van der Waals surface area contributed by atoms with E-state index in [0.717, 1.165) is 30.0 Å². The summed E-state index contributed by atoms with van der Waals surface area (Å²) in [7, 11) is 0. The van der Waals surface area contributed by atoms with Crippen molar-refractivity contribution in [2.24, 2.45) is 0 Å². The molecule has 0 atom stereocenters. The van der Waals surface area contributed by atoms with Crippen molar-refractivity contribution >= 4 is 11.4 Å². The van der Waals surface area contributed by atoms with Crippen molar-refractivity contribution in [3.05, 3.63) is 89.4 Å². The summed E-state index contributed by atoms with van der Waals surface area (Å²) in [6, 6.07) is 21.9. The molecule has 3 aromatic rings. The van der Waals surface area contributed by atoms with Gasteiger partial charge in [-0.05, 0) is 23.8 Å². The lowest BCUT2D eigenvalue weighted by molar-refractivity contribution is 0.508. The van der Waals surface area contributed by atoms with Crippen molar-refractivity contribution in [2.75, 3.05) is 5.32 Å². The number of rotatable bonds is 6. The van der Waals surface area contributed by atoms with Gasteiger partial charge in [-0.2, -0.15) is 0 Å². The van der Waals surface area contributed by atoms with Crippen molar-refractivity contribution in [1.82, 2.24) is 0 Å². The normalized spacial score (nSPS) is 10.5. The zero-order valence-corrected chi connectivity index (χ0v) is 13.2. The maximum absolute atomic E-state index is 8.45. The van der Waals surface area contributed by atoms with Gasteiger partial charge >= 0.3 is 0 Å². The number of furan rings is 1. The van der Waals surface area contributed by atoms with Crippen LogP contribution in [0, 0.1) is 5.41 Å². The summed E-state index contributed by atoms with van der Waals surface area (Å²) in [6.45, 7) is 2.77. The predicted molar refractivity (Wildman–Crippen MR) is 94.2 cm³/mol. The SMILES string of the molecule is CCc1ccc(C(=N)c2ccccc2NCc2ccccc2)o1. The standard InChI is InChI=1S/C20H20N2O/c1-2-16-12-13-19(23-16)20(21)17-10-6-7-11-18(17)22-14-15-8-4-3-5-9-15/h3-13,21-22H,2,14H2,1H3. The van der Waals surface area contributed by atoms with Crippen LogP contribution < -0.4 is 5.32 Å². The van der Waals surface area contributed by atoms with Crippen LogP contribution in [0.25, 0.3) is 0 Å². The lowest BCUT2D eigenvalue weighted by Crippen LogP contribution is -2.07. The van der Waals surface area contributed by atoms with Crippen LogP contribution in [0.4, 0.5) is 5.69 Å². The maximum atomic E-state index is 8.45. The molecule has 0 aliphatic carbocycles. The molecular formula is C20H20N2O. The summed E-state index contributed by atoms with van der Waals surface area (Å²) in [5, 5.41) is 11.9. The van der Waals surface area contributed by atoms with Crippen LogP contribution in [-0.4, -0.2) is 5.71 Å². The number of aryl methyl sites for hydroxylation is 1. The van der Waals surface area contributed by atoms with Crippen molar-refractivity contribution < 1.29 is 4.42 Å². The van der Waals surface area contributed by atoms with Crippen molar-refractivity contribution in [3.8, 4) is 0 Å². The molecule has 3 heteroatoms. The third kappa shape index (κ3) is 3.51. The van der Waals surface area contributed by atoms with E-state index in [9.17, 15) is 0 Å². The third-order valence-electron chi connectivity index (χ3n) is 3.78. The first-order valence-corrected chi connectivity index (χ1v) is 7.82. The van der Waals surface area contributed by atoms with E-state index in [2.05, 4.69) is 17.4 Å². The number of hydrogen-bond donors (Lipinski definition) is 2. The monoisotopic (exact) mass is 304 g/mol. The molecule has 3 nitrogen and oxygen atoms in total. The Morgan fingerprint density at radius 2 is 1.70 bits per heavy atom. The largest absolute Gasteiger partial charge is 0.459 e. The summed E-state index contributed by atoms with van der Waals surface area (Å²) in [6.07, 6.45) is 0.835. The number of hydrogen-bond acceptors (Lipinski definition) is 3. The van der Waals surface area contributed by atoms with Gasteiger partial charge in [0.25, 0.3) is 0 Å². The topological polar surface area (TPSA) is 49.0 Å². The molecule has 0 fully saturated rings. The Morgan fingerprint density at radius 1 is 0.957 bits per heavy atom. The van der Waals surface area contributed by atoms with Gasteiger partial charge in [0, 0.05) is 24.2 Å². The van der Waals surface area contributed by atoms with E-state index < -0.39 is 0 Å². The Bertz CT molecular complexity index is 790. The highest BCUT2D eigenvalue weighted by atomic mass is 16.3. The minimum atomic E-state index is 0.404. The van der Waals surface area contributed by atoms with Gasteiger partial charge in [0.05, 0.1) is 0 Å². The van der Waals surface area contributed by atoms with Gasteiger partial charge in [0.1, 0.15) is 11.5 Å². The van der Waals surface area contributed by atoms with Gasteiger partial charge < -0.3 is 9.73 Å². The van der Waals surface area contributed by atoms with Crippen LogP contribution in [0.15, 0.2) is 71.1 Å². The second-order valence-electron chi connectivity index (χ2n) is 5.38. The molecule has 0 bridgehead atoms. The van der Waals surface area contributed by atoms with E-state index in [0.29, 0.717) is 11.5 Å². The van der Waals surface area contributed by atoms with Gasteiger partial charge in [0.15, 0.2) is 5.76 Å². The molecule has 1 aromatic heterocycles. The molecule has 0 saturated heterocycles. The maximum Gasteiger partial charge on any atom is 0.152 e. The average Bonchev–Trinajstić information content (AvgIpc) is 3.10. The van der Waals surface area contributed by atoms with E-state index in [1.807, 2.05) is 61.5 Å². The molecule has 23 heavy (non-hydrogen) atoms. The minimum Gasteiger partial charge on any atom is -0.459 e. The highest BCUT2D eigenvalue weighted by Gasteiger charge is 2.13. The Labute approximate surface area is 136 Å². The molecule has 0 radical (unpaired) electrons. The lowest BCUT2D eigenvalue weighted by Gasteiger charge is -2.12. The molecule has 0 saturated carbocycles. The van der Waals surface area contributed by atoms with Gasteiger partial charge in [0.2, 0.25) is 0 Å². The molecule has 0 aliphatic rings. The van der Waals surface area contributed by atoms with Crippen LogP contribution in [0.5, 0.6) is 0 Å². The van der Waals surface area contributed by atoms with Crippen LogP contribution in [-0.2, 0) is 13.0 Å². The highest BCUT2D eigenvalue weighted by molar-refractivity contribution is 6.12. The molecule has 0 aliphatic heterocycles. The van der Waals surface area contributed by atoms with E-state index >= 15 is 0 Å². The van der Waals surface area contributed by atoms with Gasteiger partial charge in [-0.15, -0.1) is 0 Å². The summed E-state index contributed by atoms with van der Waals surface area (Å²) in [4.78, 5) is 0. The number of para-hydroxylation sites is 1. The van der Waals surface area contributed by atoms with Crippen LogP contribution in [0.3, 0.4) is 0 Å². The average molecular weight is 304 g/mol. The van der Waals surface area contributed by atoms with Crippen molar-refractivity contribution in [1.29, 1.82) is 5.41 Å². The van der Waals surface area contributed by atoms with E-state index in [1.54, 1.807) is 0 Å². The smallest absolute Gasteiger partial charge is 0.152 e. The molecule has 2 aromatic carbocycles. The molecule has 0 spiro atoms. The van der Waals surface area contributed by atoms with E-state index in [-0.39, 0.29) is 0 Å². The Kier molecular flexibility index (Phi) is 4.57. The van der Waals surface area contributed by atoms with Crippen molar-refractivity contribution in [3.63, 3.8) is 0 Å². The van der Waals surface area contributed by atoms with E-state index in [4.69, 9.17) is 9.83 Å². The van der Waals surface area contributed by atoms with Gasteiger partial charge in [-0.1, -0.05) is 55.5 Å². The lowest BCUT2D eigenvalue weighted by atomic mass is 10.1. The number of nitrogens with one attached hydrogen (secondary N) is 2. The molecule has 2 N–H and O–H groups in total. The predicted octanol–water partition coefficient (Wildman–Crippen LogP) is 4.87. The fraction of sp³-hybridized carbons (Fsp3) is 0.150. The zero-order valence-electron chi connectivity index (χ0n) is 13.2. The Morgan fingerprint density at radius 3 is 2.43 bits per heavy atom. The fourth-order valence-electron chi connectivity index (χ4n) is 2.48. The summed E-state index contributed by atoms with van der Waals surface area (Å²) < 4.78 is 5.71. The van der Waals surface area contributed by atoms with Crippen LogP contribution in [0.1, 0.15) is 29.6 Å². The molecular weight excluding hydrogens is 284 g/mol. The Hall–Kier alpha value is -2.81. The van der Waals surface area contributed by atoms with Gasteiger partial charge in [-0.25, -0.2) is 0 Å². The second-order valence-corrected chi connectivity index (χ2v) is 5.38. The Balaban J connectivity index is 1.81. The molecule has 116 valence electrons. The quantitative estimate of drug-likeness (QED) is 0.638. The fourth-order valence-corrected chi connectivity index (χ4v) is 2.48. The molecule has 0 unspecified atom stereocenters. The summed E-state index contributed by atoms with van der Waals surface area (Å²) >= 11 is 0. The van der Waals surface area contributed by atoms with Crippen LogP contribution >= 0.6 is 0 Å². The first-order chi connectivity index (χ1) is 11.3. The molecule has 3 rings (SSSR count). The highest BCUT2D eigenvalue weighted by Crippen LogP contribution is 2.21. The van der Waals surface area contributed by atoms with Crippen molar-refractivity contribution in [2.45, 2.75) is 19.9 Å². The third-order valence-corrected chi connectivity index (χ3v) is 3.78.